The smallest absolute Gasteiger partial charge is 0.243 e. The Morgan fingerprint density at radius 2 is 1.63 bits per heavy atom. The van der Waals surface area contributed by atoms with Crippen molar-refractivity contribution in [3.05, 3.63) is 64.2 Å². The summed E-state index contributed by atoms with van der Waals surface area (Å²) in [5.74, 6) is -0.246. The molecule has 27 heavy (non-hydrogen) atoms. The molecular formula is C23H28N2O2. The van der Waals surface area contributed by atoms with Crippen LogP contribution in [0.25, 0.3) is 0 Å². The van der Waals surface area contributed by atoms with Crippen LogP contribution in [0, 0.1) is 27.7 Å². The van der Waals surface area contributed by atoms with Crippen LogP contribution in [0.5, 0.6) is 0 Å². The lowest BCUT2D eigenvalue weighted by Crippen LogP contribution is -2.50. The van der Waals surface area contributed by atoms with Crippen molar-refractivity contribution in [2.75, 3.05) is 11.9 Å². The van der Waals surface area contributed by atoms with E-state index in [0.29, 0.717) is 0 Å². The number of nitrogens with one attached hydrogen (secondary N) is 2. The van der Waals surface area contributed by atoms with E-state index >= 15 is 0 Å². The minimum Gasteiger partial charge on any atom is -0.346 e. The Morgan fingerprint density at radius 1 is 0.963 bits per heavy atom. The number of carbonyl (C=O) groups excluding carboxylic acids is 2. The summed E-state index contributed by atoms with van der Waals surface area (Å²) in [6.07, 6.45) is 2.70. The van der Waals surface area contributed by atoms with Crippen molar-refractivity contribution in [2.24, 2.45) is 0 Å². The lowest BCUT2D eigenvalue weighted by Gasteiger charge is -2.40. The molecule has 2 amide bonds. The molecular weight excluding hydrogens is 336 g/mol. The van der Waals surface area contributed by atoms with Crippen LogP contribution in [0.15, 0.2) is 36.4 Å². The molecule has 0 aliphatic heterocycles. The number of hydrogen-bond acceptors (Lipinski definition) is 2. The Balaban J connectivity index is 1.66. The maximum absolute atomic E-state index is 12.9. The van der Waals surface area contributed by atoms with Crippen molar-refractivity contribution in [1.82, 2.24) is 5.32 Å². The molecule has 3 rings (SSSR count). The van der Waals surface area contributed by atoms with E-state index in [0.717, 1.165) is 47.2 Å². The SMILES string of the molecule is Cc1cccc(C2(C(=O)NCC(=O)Nc3c(C)cc(C)cc3C)CCC2)c1. The first-order valence-corrected chi connectivity index (χ1v) is 9.55. The molecule has 0 aromatic heterocycles. The summed E-state index contributed by atoms with van der Waals surface area (Å²) in [4.78, 5) is 25.3. The summed E-state index contributed by atoms with van der Waals surface area (Å²) >= 11 is 0. The van der Waals surface area contributed by atoms with Gasteiger partial charge in [-0.1, -0.05) is 53.9 Å². The van der Waals surface area contributed by atoms with Gasteiger partial charge >= 0.3 is 0 Å². The number of hydrogen-bond donors (Lipinski definition) is 2. The number of benzene rings is 2. The van der Waals surface area contributed by atoms with Gasteiger partial charge in [-0.3, -0.25) is 9.59 Å². The summed E-state index contributed by atoms with van der Waals surface area (Å²) in [5.41, 5.74) is 5.77. The zero-order chi connectivity index (χ0) is 19.6. The van der Waals surface area contributed by atoms with E-state index in [9.17, 15) is 9.59 Å². The second-order valence-electron chi connectivity index (χ2n) is 7.81. The fraction of sp³-hybridized carbons (Fsp3) is 0.391. The first kappa shape index (κ1) is 19.2. The molecule has 4 heteroatoms. The molecule has 0 saturated heterocycles. The Labute approximate surface area is 161 Å². The van der Waals surface area contributed by atoms with Gasteiger partial charge in [0.05, 0.1) is 12.0 Å². The summed E-state index contributed by atoms with van der Waals surface area (Å²) in [7, 11) is 0. The van der Waals surface area contributed by atoms with Crippen LogP contribution in [0.4, 0.5) is 5.69 Å². The predicted octanol–water partition coefficient (Wildman–Crippen LogP) is 4.10. The van der Waals surface area contributed by atoms with Crippen molar-refractivity contribution in [3.63, 3.8) is 0 Å². The second kappa shape index (κ2) is 7.55. The number of carbonyl (C=O) groups is 2. The van der Waals surface area contributed by atoms with Gasteiger partial charge in [-0.25, -0.2) is 0 Å². The molecule has 0 bridgehead atoms. The molecule has 1 aliphatic rings. The van der Waals surface area contributed by atoms with Crippen LogP contribution in [-0.4, -0.2) is 18.4 Å². The van der Waals surface area contributed by atoms with Crippen molar-refractivity contribution in [1.29, 1.82) is 0 Å². The third-order valence-electron chi connectivity index (χ3n) is 5.56. The number of aryl methyl sites for hydroxylation is 4. The van der Waals surface area contributed by atoms with Gasteiger partial charge in [0.2, 0.25) is 11.8 Å². The second-order valence-corrected chi connectivity index (χ2v) is 7.81. The van der Waals surface area contributed by atoms with E-state index in [-0.39, 0.29) is 18.4 Å². The topological polar surface area (TPSA) is 58.2 Å². The highest BCUT2D eigenvalue weighted by Crippen LogP contribution is 2.44. The van der Waals surface area contributed by atoms with E-state index < -0.39 is 5.41 Å². The van der Waals surface area contributed by atoms with E-state index in [2.05, 4.69) is 16.7 Å². The maximum atomic E-state index is 12.9. The van der Waals surface area contributed by atoms with Crippen LogP contribution in [-0.2, 0) is 15.0 Å². The lowest BCUT2D eigenvalue weighted by atomic mass is 9.63. The number of rotatable bonds is 5. The molecule has 0 heterocycles. The third-order valence-corrected chi connectivity index (χ3v) is 5.56. The number of anilines is 1. The normalized spacial score (nSPS) is 15.0. The summed E-state index contributed by atoms with van der Waals surface area (Å²) in [6, 6.07) is 12.2. The Kier molecular flexibility index (Phi) is 5.36. The van der Waals surface area contributed by atoms with Crippen LogP contribution in [0.2, 0.25) is 0 Å². The zero-order valence-corrected chi connectivity index (χ0v) is 16.6. The molecule has 0 atom stereocenters. The Hall–Kier alpha value is -2.62. The maximum Gasteiger partial charge on any atom is 0.243 e. The van der Waals surface area contributed by atoms with Gasteiger partial charge in [-0.2, -0.15) is 0 Å². The van der Waals surface area contributed by atoms with Gasteiger partial charge in [-0.15, -0.1) is 0 Å². The van der Waals surface area contributed by atoms with Crippen LogP contribution < -0.4 is 10.6 Å². The van der Waals surface area contributed by atoms with Crippen LogP contribution >= 0.6 is 0 Å². The molecule has 2 N–H and O–H groups in total. The van der Waals surface area contributed by atoms with E-state index in [1.807, 2.05) is 58.0 Å². The van der Waals surface area contributed by atoms with Crippen molar-refractivity contribution < 1.29 is 9.59 Å². The molecule has 1 fully saturated rings. The van der Waals surface area contributed by atoms with Gasteiger partial charge in [0, 0.05) is 5.69 Å². The monoisotopic (exact) mass is 364 g/mol. The highest BCUT2D eigenvalue weighted by atomic mass is 16.2. The number of amides is 2. The fourth-order valence-electron chi connectivity index (χ4n) is 4.01. The first-order valence-electron chi connectivity index (χ1n) is 9.55. The molecule has 0 unspecified atom stereocenters. The minimum absolute atomic E-state index is 0.0147. The Morgan fingerprint density at radius 3 is 2.19 bits per heavy atom. The molecule has 1 saturated carbocycles. The summed E-state index contributed by atoms with van der Waals surface area (Å²) in [5, 5.41) is 5.81. The minimum atomic E-state index is -0.484. The largest absolute Gasteiger partial charge is 0.346 e. The molecule has 4 nitrogen and oxygen atoms in total. The lowest BCUT2D eigenvalue weighted by molar-refractivity contribution is -0.131. The van der Waals surface area contributed by atoms with Crippen molar-refractivity contribution in [3.8, 4) is 0 Å². The predicted molar refractivity (Wildman–Crippen MR) is 109 cm³/mol. The fourth-order valence-corrected chi connectivity index (χ4v) is 4.01. The van der Waals surface area contributed by atoms with Crippen LogP contribution in [0.3, 0.4) is 0 Å². The zero-order valence-electron chi connectivity index (χ0n) is 16.6. The van der Waals surface area contributed by atoms with Gasteiger partial charge in [0.1, 0.15) is 0 Å². The third kappa shape index (κ3) is 3.90. The summed E-state index contributed by atoms with van der Waals surface area (Å²) < 4.78 is 0. The molecule has 142 valence electrons. The molecule has 2 aromatic rings. The standard InChI is InChI=1S/C23H28N2O2/c1-15-7-5-8-19(13-15)23(9-6-10-23)22(27)24-14-20(26)25-21-17(3)11-16(2)12-18(21)4/h5,7-8,11-13H,6,9-10,14H2,1-4H3,(H,24,27)(H,25,26). The molecule has 2 aromatic carbocycles. The van der Waals surface area contributed by atoms with Gasteiger partial charge in [0.25, 0.3) is 0 Å². The van der Waals surface area contributed by atoms with Gasteiger partial charge < -0.3 is 10.6 Å². The van der Waals surface area contributed by atoms with E-state index in [4.69, 9.17) is 0 Å². The van der Waals surface area contributed by atoms with E-state index in [1.165, 1.54) is 5.56 Å². The van der Waals surface area contributed by atoms with Crippen molar-refractivity contribution >= 4 is 17.5 Å². The first-order chi connectivity index (χ1) is 12.8. The highest BCUT2D eigenvalue weighted by Gasteiger charge is 2.45. The average molecular weight is 364 g/mol. The highest BCUT2D eigenvalue weighted by molar-refractivity contribution is 5.97. The van der Waals surface area contributed by atoms with Crippen LogP contribution in [0.1, 0.15) is 47.1 Å². The molecule has 0 radical (unpaired) electrons. The van der Waals surface area contributed by atoms with Gasteiger partial charge in [0.15, 0.2) is 0 Å². The van der Waals surface area contributed by atoms with Crippen molar-refractivity contribution in [2.45, 2.75) is 52.4 Å². The molecule has 0 spiro atoms. The summed E-state index contributed by atoms with van der Waals surface area (Å²) in [6.45, 7) is 8.02. The average Bonchev–Trinajstić information content (AvgIpc) is 2.55. The van der Waals surface area contributed by atoms with Gasteiger partial charge in [-0.05, 0) is 57.2 Å². The Bertz CT molecular complexity index is 859. The van der Waals surface area contributed by atoms with E-state index in [1.54, 1.807) is 0 Å². The quantitative estimate of drug-likeness (QED) is 0.839. The molecule has 1 aliphatic carbocycles.